The van der Waals surface area contributed by atoms with Gasteiger partial charge in [0.1, 0.15) is 41.3 Å². The second kappa shape index (κ2) is 19.2. The molecule has 3 aromatic rings. The van der Waals surface area contributed by atoms with Gasteiger partial charge in [-0.15, -0.1) is 11.6 Å². The third-order valence-electron chi connectivity index (χ3n) is 8.36. The molecular weight excluding hydrogens is 683 g/mol. The topological polar surface area (TPSA) is 169 Å². The molecule has 1 aromatic heterocycles. The summed E-state index contributed by atoms with van der Waals surface area (Å²) in [5.74, 6) is 0.743. The van der Waals surface area contributed by atoms with Gasteiger partial charge in [0.25, 0.3) is 0 Å². The maximum Gasteiger partial charge on any atom is 0.143 e. The normalized spacial score (nSPS) is 19.2. The van der Waals surface area contributed by atoms with Gasteiger partial charge in [0.05, 0.1) is 42.6 Å². The minimum atomic E-state index is -1.15. The smallest absolute Gasteiger partial charge is 0.143 e. The molecule has 1 aliphatic carbocycles. The molecular formula is C37H44Cl2N4O7. The fourth-order valence-electron chi connectivity index (χ4n) is 5.39. The van der Waals surface area contributed by atoms with Crippen molar-refractivity contribution >= 4 is 28.8 Å². The van der Waals surface area contributed by atoms with Crippen LogP contribution in [0.3, 0.4) is 0 Å². The highest BCUT2D eigenvalue weighted by Crippen LogP contribution is 2.47. The van der Waals surface area contributed by atoms with Crippen molar-refractivity contribution in [1.29, 1.82) is 5.26 Å². The van der Waals surface area contributed by atoms with Crippen LogP contribution < -0.4 is 20.1 Å². The minimum Gasteiger partial charge on any atom is -0.488 e. The Kier molecular flexibility index (Phi) is 15.1. The Bertz CT molecular complexity index is 1630. The predicted octanol–water partition coefficient (Wildman–Crippen LogP) is 3.75. The maximum atomic E-state index is 9.64. The van der Waals surface area contributed by atoms with Crippen molar-refractivity contribution < 1.29 is 34.6 Å². The lowest BCUT2D eigenvalue weighted by atomic mass is 9.76. The molecule has 3 atom stereocenters. The van der Waals surface area contributed by atoms with Gasteiger partial charge in [0.2, 0.25) is 0 Å². The fourth-order valence-corrected chi connectivity index (χ4v) is 5.98. The molecule has 0 radical (unpaired) electrons. The predicted molar refractivity (Wildman–Crippen MR) is 192 cm³/mol. The van der Waals surface area contributed by atoms with Gasteiger partial charge < -0.3 is 45.3 Å². The maximum absolute atomic E-state index is 9.64. The first-order chi connectivity index (χ1) is 24.2. The van der Waals surface area contributed by atoms with Crippen molar-refractivity contribution in [1.82, 2.24) is 15.6 Å². The van der Waals surface area contributed by atoms with E-state index in [2.05, 4.69) is 21.7 Å². The lowest BCUT2D eigenvalue weighted by molar-refractivity contribution is -0.0525. The molecule has 2 aromatic carbocycles. The zero-order chi connectivity index (χ0) is 36.0. The number of nitriles is 1. The second-order valence-corrected chi connectivity index (χ2v) is 13.2. The van der Waals surface area contributed by atoms with Crippen molar-refractivity contribution in [3.63, 3.8) is 0 Å². The lowest BCUT2D eigenvalue weighted by Gasteiger charge is -2.45. The van der Waals surface area contributed by atoms with Crippen molar-refractivity contribution in [3.05, 3.63) is 106 Å². The van der Waals surface area contributed by atoms with Crippen LogP contribution >= 0.6 is 23.2 Å². The average Bonchev–Trinajstić information content (AvgIpc) is 3.13. The summed E-state index contributed by atoms with van der Waals surface area (Å²) in [4.78, 5) is 3.03. The van der Waals surface area contributed by atoms with Crippen molar-refractivity contribution in [2.24, 2.45) is 0 Å². The molecule has 0 saturated heterocycles. The number of halogens is 2. The highest BCUT2D eigenvalue weighted by molar-refractivity contribution is 6.32. The number of hydrogen-bond donors (Lipinski definition) is 6. The summed E-state index contributed by atoms with van der Waals surface area (Å²) in [6.45, 7) is 2.45. The number of allylic oxidation sites excluding steroid dienone is 2. The fraction of sp³-hybridized carbons (Fsp3) is 0.405. The summed E-state index contributed by atoms with van der Waals surface area (Å²) in [6, 6.07) is 16.4. The number of benzene rings is 2. The number of aliphatic hydroxyl groups is 4. The van der Waals surface area contributed by atoms with E-state index < -0.39 is 22.6 Å². The lowest BCUT2D eigenvalue weighted by Crippen LogP contribution is -2.55. The molecule has 50 heavy (non-hydrogen) atoms. The quantitative estimate of drug-likeness (QED) is 0.0741. The van der Waals surface area contributed by atoms with E-state index in [9.17, 15) is 20.6 Å². The number of alkyl halides is 1. The Hall–Kier alpha value is -3.54. The molecule has 1 heterocycles. The molecule has 4 rings (SSSR count). The molecule has 0 bridgehead atoms. The Morgan fingerprint density at radius 2 is 1.80 bits per heavy atom. The van der Waals surface area contributed by atoms with Gasteiger partial charge in [-0.1, -0.05) is 54.1 Å². The summed E-state index contributed by atoms with van der Waals surface area (Å²) in [6.07, 6.45) is 8.58. The standard InChI is InChI=1S/C37H44Cl2N4O7/c1-36(39)32(28-7-3-2-4-8-28)9-5-10-37(36,50-12-6-11-41-20-31(47)23-46)25-49-35-15-34(48-24-27-13-26(16-40)17-42-18-27)29(14-33(35)38)19-43-30(21-44)22-45/h2-5,7-10,13-15,17-18,30-31,41,43-47H,6,11-12,19-25H2,1H3/t31?,36-,37?/m0/s1. The summed E-state index contributed by atoms with van der Waals surface area (Å²) < 4.78 is 19.2. The van der Waals surface area contributed by atoms with Crippen LogP contribution in [-0.4, -0.2) is 94.2 Å². The van der Waals surface area contributed by atoms with Crippen LogP contribution in [0, 0.1) is 11.3 Å². The summed E-state index contributed by atoms with van der Waals surface area (Å²) in [5, 5.41) is 53.7. The molecule has 1 aliphatic rings. The third-order valence-corrected chi connectivity index (χ3v) is 9.18. The first-order valence-corrected chi connectivity index (χ1v) is 17.1. The zero-order valence-electron chi connectivity index (χ0n) is 27.9. The van der Waals surface area contributed by atoms with Gasteiger partial charge in [-0.3, -0.25) is 4.98 Å². The van der Waals surface area contributed by atoms with Crippen molar-refractivity contribution in [3.8, 4) is 17.6 Å². The van der Waals surface area contributed by atoms with Crippen LogP contribution in [0.2, 0.25) is 5.02 Å². The first kappa shape index (κ1) is 39.2. The average molecular weight is 728 g/mol. The van der Waals surface area contributed by atoms with Gasteiger partial charge in [-0.2, -0.15) is 5.26 Å². The molecule has 6 N–H and O–H groups in total. The van der Waals surface area contributed by atoms with Gasteiger partial charge in [0.15, 0.2) is 0 Å². The van der Waals surface area contributed by atoms with Crippen LogP contribution in [0.15, 0.2) is 79.2 Å². The number of aliphatic hydroxyl groups excluding tert-OH is 4. The SMILES string of the molecule is C[C@]1(Cl)C(c2ccccc2)=CC=CC1(COc1cc(OCc2cncc(C#N)c2)c(CNC(CO)CO)cc1Cl)OCCCNCC(O)CO. The summed E-state index contributed by atoms with van der Waals surface area (Å²) >= 11 is 14.3. The van der Waals surface area contributed by atoms with E-state index in [0.717, 1.165) is 11.1 Å². The van der Waals surface area contributed by atoms with E-state index in [1.807, 2.05) is 55.5 Å². The molecule has 0 fully saturated rings. The van der Waals surface area contributed by atoms with E-state index in [1.54, 1.807) is 24.4 Å². The zero-order valence-corrected chi connectivity index (χ0v) is 29.4. The number of nitrogens with zero attached hydrogens (tertiary/aromatic N) is 2. The van der Waals surface area contributed by atoms with Crippen molar-refractivity contribution in [2.45, 2.75) is 49.1 Å². The number of hydrogen-bond acceptors (Lipinski definition) is 11. The Morgan fingerprint density at radius 3 is 2.52 bits per heavy atom. The Labute approximate surface area is 302 Å². The summed E-state index contributed by atoms with van der Waals surface area (Å²) in [5.41, 5.74) is 2.37. The molecule has 0 saturated carbocycles. The van der Waals surface area contributed by atoms with Crippen LogP contribution in [0.25, 0.3) is 5.57 Å². The third kappa shape index (κ3) is 10.3. The molecule has 268 valence electrons. The first-order valence-electron chi connectivity index (χ1n) is 16.3. The van der Waals surface area contributed by atoms with E-state index in [0.29, 0.717) is 52.8 Å². The largest absolute Gasteiger partial charge is 0.488 e. The number of nitrogens with one attached hydrogen (secondary N) is 2. The second-order valence-electron chi connectivity index (χ2n) is 12.0. The number of rotatable bonds is 20. The Morgan fingerprint density at radius 1 is 1.02 bits per heavy atom. The molecule has 13 heteroatoms. The Balaban J connectivity index is 1.60. The molecule has 2 unspecified atom stereocenters. The molecule has 11 nitrogen and oxygen atoms in total. The monoisotopic (exact) mass is 726 g/mol. The minimum absolute atomic E-state index is 0.0215. The van der Waals surface area contributed by atoms with Crippen LogP contribution in [0.5, 0.6) is 11.5 Å². The van der Waals surface area contributed by atoms with Gasteiger partial charge in [-0.05, 0) is 49.2 Å². The molecule has 0 aliphatic heterocycles. The van der Waals surface area contributed by atoms with Gasteiger partial charge in [-0.25, -0.2) is 0 Å². The van der Waals surface area contributed by atoms with Gasteiger partial charge >= 0.3 is 0 Å². The van der Waals surface area contributed by atoms with Gasteiger partial charge in [0, 0.05) is 49.3 Å². The van der Waals surface area contributed by atoms with Crippen LogP contribution in [0.1, 0.15) is 35.6 Å². The van der Waals surface area contributed by atoms with E-state index in [-0.39, 0.29) is 46.1 Å². The number of pyridine rings is 1. The molecule has 0 spiro atoms. The highest BCUT2D eigenvalue weighted by Gasteiger charge is 2.51. The van der Waals surface area contributed by atoms with Crippen LogP contribution in [0.4, 0.5) is 0 Å². The van der Waals surface area contributed by atoms with E-state index in [4.69, 9.17) is 42.5 Å². The van der Waals surface area contributed by atoms with E-state index in [1.165, 1.54) is 6.20 Å². The number of ether oxygens (including phenoxy) is 3. The molecule has 0 amide bonds. The summed E-state index contributed by atoms with van der Waals surface area (Å²) in [7, 11) is 0. The van der Waals surface area contributed by atoms with Crippen LogP contribution in [-0.2, 0) is 17.9 Å². The number of aromatic nitrogens is 1. The van der Waals surface area contributed by atoms with E-state index >= 15 is 0 Å². The highest BCUT2D eigenvalue weighted by atomic mass is 35.5. The van der Waals surface area contributed by atoms with Crippen molar-refractivity contribution in [2.75, 3.05) is 46.1 Å².